The molecule has 6 heteroatoms. The molecule has 1 aromatic rings. The van der Waals surface area contributed by atoms with E-state index in [1.165, 1.54) is 0 Å². The fraction of sp³-hybridized carbons (Fsp3) is 0.545. The van der Waals surface area contributed by atoms with E-state index in [0.717, 1.165) is 0 Å². The summed E-state index contributed by atoms with van der Waals surface area (Å²) >= 11 is 0. The predicted molar refractivity (Wildman–Crippen MR) is 62.9 cm³/mol. The second kappa shape index (κ2) is 5.09. The van der Waals surface area contributed by atoms with Crippen LogP contribution in [0.3, 0.4) is 0 Å². The largest absolute Gasteiger partial charge is 0.377 e. The number of anilines is 1. The van der Waals surface area contributed by atoms with Gasteiger partial charge in [0, 0.05) is 13.6 Å². The molecule has 92 valence electrons. The Hall–Kier alpha value is -1.69. The van der Waals surface area contributed by atoms with E-state index in [9.17, 15) is 4.79 Å². The normalized spacial score (nSPS) is 20.1. The number of carbonyl (C=O) groups is 1. The third-order valence-corrected chi connectivity index (χ3v) is 2.77. The van der Waals surface area contributed by atoms with Crippen LogP contribution in [0.5, 0.6) is 0 Å². The summed E-state index contributed by atoms with van der Waals surface area (Å²) in [4.78, 5) is 13.9. The zero-order chi connectivity index (χ0) is 12.3. The molecule has 0 aliphatic carbocycles. The number of nitrogens with zero attached hydrogens (tertiary/aromatic N) is 3. The van der Waals surface area contributed by atoms with Crippen LogP contribution in [0.15, 0.2) is 12.1 Å². The van der Waals surface area contributed by atoms with Crippen molar-refractivity contribution in [1.82, 2.24) is 15.1 Å². The number of hydrogen-bond donors (Lipinski definition) is 1. The molecule has 6 nitrogen and oxygen atoms in total. The molecular weight excluding hydrogens is 220 g/mol. The van der Waals surface area contributed by atoms with Crippen molar-refractivity contribution in [3.63, 3.8) is 0 Å². The molecule has 1 aliphatic rings. The summed E-state index contributed by atoms with van der Waals surface area (Å²) in [5, 5.41) is 10.7. The Balaban J connectivity index is 2.12. The molecule has 1 aliphatic heterocycles. The lowest BCUT2D eigenvalue weighted by molar-refractivity contribution is 0.00321. The van der Waals surface area contributed by atoms with Crippen LogP contribution in [0.2, 0.25) is 0 Å². The van der Waals surface area contributed by atoms with E-state index in [0.29, 0.717) is 31.3 Å². The molecule has 0 bridgehead atoms. The molecule has 17 heavy (non-hydrogen) atoms. The van der Waals surface area contributed by atoms with E-state index < -0.39 is 0 Å². The van der Waals surface area contributed by atoms with Crippen molar-refractivity contribution in [2.24, 2.45) is 0 Å². The Morgan fingerprint density at radius 2 is 2.35 bits per heavy atom. The first-order valence-corrected chi connectivity index (χ1v) is 5.62. The van der Waals surface area contributed by atoms with Crippen molar-refractivity contribution in [3.8, 4) is 0 Å². The minimum Gasteiger partial charge on any atom is -0.377 e. The lowest BCUT2D eigenvalue weighted by Crippen LogP contribution is -2.47. The van der Waals surface area contributed by atoms with Gasteiger partial charge in [0.05, 0.1) is 19.3 Å². The molecule has 1 fully saturated rings. The van der Waals surface area contributed by atoms with Gasteiger partial charge in [-0.25, -0.2) is 0 Å². The van der Waals surface area contributed by atoms with Gasteiger partial charge in [-0.2, -0.15) is 0 Å². The number of rotatable bonds is 2. The zero-order valence-electron chi connectivity index (χ0n) is 10.0. The first-order chi connectivity index (χ1) is 8.22. The number of carbonyl (C=O) groups excluding carboxylic acids is 1. The van der Waals surface area contributed by atoms with Crippen molar-refractivity contribution < 1.29 is 9.53 Å². The van der Waals surface area contributed by atoms with E-state index in [1.54, 1.807) is 24.1 Å². The SMILES string of the molecule is CNc1ccc(C(=O)N2CCOCC2C)nn1. The van der Waals surface area contributed by atoms with Gasteiger partial charge in [-0.3, -0.25) is 4.79 Å². The summed E-state index contributed by atoms with van der Waals surface area (Å²) in [6, 6.07) is 3.51. The van der Waals surface area contributed by atoms with Crippen LogP contribution in [0, 0.1) is 0 Å². The van der Waals surface area contributed by atoms with Crippen molar-refractivity contribution >= 4 is 11.7 Å². The average molecular weight is 236 g/mol. The Labute approximate surface area is 100.0 Å². The number of hydrogen-bond acceptors (Lipinski definition) is 5. The second-order valence-electron chi connectivity index (χ2n) is 3.98. The van der Waals surface area contributed by atoms with Gasteiger partial charge in [0.15, 0.2) is 5.69 Å². The fourth-order valence-corrected chi connectivity index (χ4v) is 1.76. The van der Waals surface area contributed by atoms with Crippen LogP contribution in [0.4, 0.5) is 5.82 Å². The summed E-state index contributed by atoms with van der Waals surface area (Å²) in [6.45, 7) is 3.73. The van der Waals surface area contributed by atoms with Crippen LogP contribution in [-0.4, -0.2) is 53.9 Å². The monoisotopic (exact) mass is 236 g/mol. The van der Waals surface area contributed by atoms with Crippen molar-refractivity contribution in [2.75, 3.05) is 32.1 Å². The van der Waals surface area contributed by atoms with Crippen LogP contribution in [-0.2, 0) is 4.74 Å². The highest BCUT2D eigenvalue weighted by Gasteiger charge is 2.25. The molecule has 1 N–H and O–H groups in total. The minimum absolute atomic E-state index is 0.0852. The number of aromatic nitrogens is 2. The van der Waals surface area contributed by atoms with Gasteiger partial charge >= 0.3 is 0 Å². The van der Waals surface area contributed by atoms with Gasteiger partial charge in [0.2, 0.25) is 0 Å². The summed E-state index contributed by atoms with van der Waals surface area (Å²) in [5.74, 6) is 0.563. The molecule has 0 spiro atoms. The lowest BCUT2D eigenvalue weighted by atomic mass is 10.2. The maximum Gasteiger partial charge on any atom is 0.274 e. The molecule has 0 saturated carbocycles. The fourth-order valence-electron chi connectivity index (χ4n) is 1.76. The standard InChI is InChI=1S/C11H16N4O2/c1-8-7-17-6-5-15(8)11(16)9-3-4-10(12-2)14-13-9/h3-4,8H,5-7H2,1-2H3,(H,12,14). The Bertz CT molecular complexity index is 393. The number of ether oxygens (including phenoxy) is 1. The highest BCUT2D eigenvalue weighted by Crippen LogP contribution is 2.11. The van der Waals surface area contributed by atoms with E-state index in [1.807, 2.05) is 6.92 Å². The molecule has 1 unspecified atom stereocenters. The maximum absolute atomic E-state index is 12.2. The number of morpholine rings is 1. The summed E-state index contributed by atoms with van der Waals surface area (Å²) < 4.78 is 5.29. The molecule has 1 aromatic heterocycles. The van der Waals surface area contributed by atoms with Crippen molar-refractivity contribution in [2.45, 2.75) is 13.0 Å². The first kappa shape index (κ1) is 11.8. The molecule has 0 aromatic carbocycles. The zero-order valence-corrected chi connectivity index (χ0v) is 10.0. The van der Waals surface area contributed by atoms with Gasteiger partial charge in [-0.1, -0.05) is 0 Å². The van der Waals surface area contributed by atoms with Gasteiger partial charge in [-0.05, 0) is 19.1 Å². The topological polar surface area (TPSA) is 67.4 Å². The summed E-state index contributed by atoms with van der Waals surface area (Å²) in [7, 11) is 1.76. The third-order valence-electron chi connectivity index (χ3n) is 2.77. The molecular formula is C11H16N4O2. The third kappa shape index (κ3) is 2.52. The molecule has 1 saturated heterocycles. The predicted octanol–water partition coefficient (Wildman–Crippen LogP) is 0.379. The van der Waals surface area contributed by atoms with E-state index in [4.69, 9.17) is 4.74 Å². The lowest BCUT2D eigenvalue weighted by Gasteiger charge is -2.32. The number of amides is 1. The molecule has 2 heterocycles. The number of nitrogens with one attached hydrogen (secondary N) is 1. The second-order valence-corrected chi connectivity index (χ2v) is 3.98. The van der Waals surface area contributed by atoms with E-state index in [-0.39, 0.29) is 11.9 Å². The first-order valence-electron chi connectivity index (χ1n) is 5.62. The Kier molecular flexibility index (Phi) is 3.53. The molecule has 1 atom stereocenters. The molecule has 1 amide bonds. The van der Waals surface area contributed by atoms with Gasteiger partial charge < -0.3 is 15.0 Å². The maximum atomic E-state index is 12.2. The highest BCUT2D eigenvalue weighted by molar-refractivity contribution is 5.92. The van der Waals surface area contributed by atoms with E-state index >= 15 is 0 Å². The van der Waals surface area contributed by atoms with Crippen molar-refractivity contribution in [1.29, 1.82) is 0 Å². The summed E-state index contributed by atoms with van der Waals surface area (Å²) in [5.41, 5.74) is 0.373. The Morgan fingerprint density at radius 3 is 2.94 bits per heavy atom. The van der Waals surface area contributed by atoms with Gasteiger partial charge in [-0.15, -0.1) is 10.2 Å². The van der Waals surface area contributed by atoms with Crippen molar-refractivity contribution in [3.05, 3.63) is 17.8 Å². The van der Waals surface area contributed by atoms with Crippen LogP contribution >= 0.6 is 0 Å². The van der Waals surface area contributed by atoms with Crippen LogP contribution in [0.25, 0.3) is 0 Å². The van der Waals surface area contributed by atoms with Crippen LogP contribution in [0.1, 0.15) is 17.4 Å². The average Bonchev–Trinajstić information content (AvgIpc) is 2.39. The smallest absolute Gasteiger partial charge is 0.274 e. The molecule has 2 rings (SSSR count). The van der Waals surface area contributed by atoms with Gasteiger partial charge in [0.25, 0.3) is 5.91 Å². The van der Waals surface area contributed by atoms with Gasteiger partial charge in [0.1, 0.15) is 5.82 Å². The summed E-state index contributed by atoms with van der Waals surface area (Å²) in [6.07, 6.45) is 0. The molecule has 0 radical (unpaired) electrons. The van der Waals surface area contributed by atoms with Crippen LogP contribution < -0.4 is 5.32 Å². The minimum atomic E-state index is -0.0871. The van der Waals surface area contributed by atoms with E-state index in [2.05, 4.69) is 15.5 Å². The highest BCUT2D eigenvalue weighted by atomic mass is 16.5. The quantitative estimate of drug-likeness (QED) is 0.804. The Morgan fingerprint density at radius 1 is 1.53 bits per heavy atom.